The number of ether oxygens (including phenoxy) is 2. The van der Waals surface area contributed by atoms with Gasteiger partial charge in [-0.1, -0.05) is 193 Å². The number of carbonyl (C=O) groups is 2. The molecule has 0 aliphatic carbocycles. The summed E-state index contributed by atoms with van der Waals surface area (Å²) in [5.74, 6) is -0.289. The predicted molar refractivity (Wildman–Crippen MR) is 238 cm³/mol. The van der Waals surface area contributed by atoms with Crippen LogP contribution < -0.4 is 0 Å². The van der Waals surface area contributed by atoms with Crippen LogP contribution in [-0.4, -0.2) is 61.0 Å². The maximum atomic E-state index is 13.1. The van der Waals surface area contributed by atoms with Crippen LogP contribution in [0.15, 0.2) is 48.5 Å². The third kappa shape index (κ3) is 25.5. The Morgan fingerprint density at radius 1 is 0.411 bits per heavy atom. The SMILES string of the molecule is CCCCCCCCN(CCCCCCCC)CC(=O)OCc1cccc(-c2cccc(COC(=O)CN(CCCCCCCC)CCCCCCCC)c2)c1. The van der Waals surface area contributed by atoms with Gasteiger partial charge in [0, 0.05) is 0 Å². The summed E-state index contributed by atoms with van der Waals surface area (Å²) in [7, 11) is 0. The largest absolute Gasteiger partial charge is 0.460 e. The van der Waals surface area contributed by atoms with Gasteiger partial charge in [0.25, 0.3) is 0 Å². The molecule has 0 unspecified atom stereocenters. The molecule has 0 saturated heterocycles. The van der Waals surface area contributed by atoms with Crippen LogP contribution in [-0.2, 0) is 32.3 Å². The van der Waals surface area contributed by atoms with E-state index in [-0.39, 0.29) is 25.2 Å². The normalized spacial score (nSPS) is 11.5. The Labute approximate surface area is 344 Å². The summed E-state index contributed by atoms with van der Waals surface area (Å²) in [6.07, 6.45) is 30.2. The van der Waals surface area contributed by atoms with Crippen LogP contribution in [0.5, 0.6) is 0 Å². The molecule has 0 amide bonds. The summed E-state index contributed by atoms with van der Waals surface area (Å²) in [6.45, 7) is 14.1. The second-order valence-electron chi connectivity index (χ2n) is 16.3. The van der Waals surface area contributed by atoms with Crippen LogP contribution in [0.2, 0.25) is 0 Å². The molecule has 0 aliphatic heterocycles. The Balaban J connectivity index is 1.89. The van der Waals surface area contributed by atoms with Crippen molar-refractivity contribution in [3.63, 3.8) is 0 Å². The second-order valence-corrected chi connectivity index (χ2v) is 16.3. The monoisotopic (exact) mass is 777 g/mol. The summed E-state index contributed by atoms with van der Waals surface area (Å²) < 4.78 is 11.7. The molecule has 0 heterocycles. The zero-order valence-corrected chi connectivity index (χ0v) is 36.8. The van der Waals surface area contributed by atoms with Crippen molar-refractivity contribution in [3.8, 4) is 11.1 Å². The number of nitrogens with zero attached hydrogens (tertiary/aromatic N) is 2. The lowest BCUT2D eigenvalue weighted by Gasteiger charge is -2.21. The lowest BCUT2D eigenvalue weighted by atomic mass is 10.0. The number of benzene rings is 2. The van der Waals surface area contributed by atoms with Crippen LogP contribution in [0.25, 0.3) is 11.1 Å². The van der Waals surface area contributed by atoms with Crippen LogP contribution in [0.1, 0.15) is 193 Å². The maximum absolute atomic E-state index is 13.1. The molecule has 0 N–H and O–H groups in total. The molecular weight excluding hydrogens is 693 g/mol. The van der Waals surface area contributed by atoms with Crippen molar-refractivity contribution in [2.45, 2.75) is 195 Å². The van der Waals surface area contributed by atoms with Gasteiger partial charge in [-0.15, -0.1) is 0 Å². The Bertz CT molecular complexity index is 1120. The number of esters is 2. The Kier molecular flexibility index (Phi) is 30.3. The molecule has 0 bridgehead atoms. The smallest absolute Gasteiger partial charge is 0.320 e. The van der Waals surface area contributed by atoms with Gasteiger partial charge in [-0.05, 0) is 86.2 Å². The molecule has 0 radical (unpaired) electrons. The van der Waals surface area contributed by atoms with Crippen molar-refractivity contribution in [1.29, 1.82) is 0 Å². The van der Waals surface area contributed by atoms with E-state index in [2.05, 4.69) is 61.8 Å². The first-order valence-electron chi connectivity index (χ1n) is 23.4. The molecule has 318 valence electrons. The Morgan fingerprint density at radius 2 is 0.696 bits per heavy atom. The minimum absolute atomic E-state index is 0.145. The quantitative estimate of drug-likeness (QED) is 0.0503. The first-order valence-corrected chi connectivity index (χ1v) is 23.4. The fourth-order valence-corrected chi connectivity index (χ4v) is 7.47. The van der Waals surface area contributed by atoms with Gasteiger partial charge in [0.2, 0.25) is 0 Å². The van der Waals surface area contributed by atoms with Crippen molar-refractivity contribution in [2.24, 2.45) is 0 Å². The molecule has 6 nitrogen and oxygen atoms in total. The molecule has 0 fully saturated rings. The van der Waals surface area contributed by atoms with Gasteiger partial charge >= 0.3 is 11.9 Å². The van der Waals surface area contributed by atoms with Gasteiger partial charge < -0.3 is 9.47 Å². The number of carbonyl (C=O) groups excluding carboxylic acids is 2. The zero-order valence-electron chi connectivity index (χ0n) is 36.8. The third-order valence-electron chi connectivity index (χ3n) is 11.0. The maximum Gasteiger partial charge on any atom is 0.320 e. The third-order valence-corrected chi connectivity index (χ3v) is 11.0. The number of unbranched alkanes of at least 4 members (excludes halogenated alkanes) is 20. The molecule has 2 aromatic carbocycles. The highest BCUT2D eigenvalue weighted by atomic mass is 16.5. The van der Waals surface area contributed by atoms with Crippen molar-refractivity contribution >= 4 is 11.9 Å². The van der Waals surface area contributed by atoms with Crippen LogP contribution in [0, 0.1) is 0 Å². The van der Waals surface area contributed by atoms with Crippen molar-refractivity contribution in [2.75, 3.05) is 39.3 Å². The molecular formula is C50H84N2O4. The highest BCUT2D eigenvalue weighted by Crippen LogP contribution is 2.23. The molecule has 0 saturated carbocycles. The van der Waals surface area contributed by atoms with Crippen LogP contribution in [0.4, 0.5) is 0 Å². The van der Waals surface area contributed by atoms with E-state index in [0.29, 0.717) is 13.1 Å². The van der Waals surface area contributed by atoms with Gasteiger partial charge in [0.15, 0.2) is 0 Å². The molecule has 0 aromatic heterocycles. The van der Waals surface area contributed by atoms with E-state index >= 15 is 0 Å². The van der Waals surface area contributed by atoms with Crippen LogP contribution in [0.3, 0.4) is 0 Å². The van der Waals surface area contributed by atoms with E-state index in [1.54, 1.807) is 0 Å². The average molecular weight is 777 g/mol. The fourth-order valence-electron chi connectivity index (χ4n) is 7.47. The Hall–Kier alpha value is -2.70. The summed E-state index contributed by atoms with van der Waals surface area (Å²) >= 11 is 0. The van der Waals surface area contributed by atoms with Crippen LogP contribution >= 0.6 is 0 Å². The molecule has 56 heavy (non-hydrogen) atoms. The number of rotatable bonds is 37. The lowest BCUT2D eigenvalue weighted by molar-refractivity contribution is -0.147. The van der Waals surface area contributed by atoms with E-state index < -0.39 is 0 Å². The summed E-state index contributed by atoms with van der Waals surface area (Å²) in [4.78, 5) is 30.8. The van der Waals surface area contributed by atoms with E-state index in [9.17, 15) is 9.59 Å². The summed E-state index contributed by atoms with van der Waals surface area (Å²) in [6, 6.07) is 16.5. The Morgan fingerprint density at radius 3 is 1.00 bits per heavy atom. The van der Waals surface area contributed by atoms with Crippen molar-refractivity contribution in [1.82, 2.24) is 9.80 Å². The van der Waals surface area contributed by atoms with Gasteiger partial charge in [-0.3, -0.25) is 19.4 Å². The lowest BCUT2D eigenvalue weighted by Crippen LogP contribution is -2.32. The first-order chi connectivity index (χ1) is 27.5. The topological polar surface area (TPSA) is 59.1 Å². The second kappa shape index (κ2) is 34.4. The van der Waals surface area contributed by atoms with Gasteiger partial charge in [0.05, 0.1) is 13.1 Å². The molecule has 0 spiro atoms. The molecule has 0 atom stereocenters. The fraction of sp³-hybridized carbons (Fsp3) is 0.720. The van der Waals surface area contributed by atoms with Gasteiger partial charge in [0.1, 0.15) is 13.2 Å². The van der Waals surface area contributed by atoms with Crippen molar-refractivity contribution in [3.05, 3.63) is 59.7 Å². The minimum atomic E-state index is -0.145. The number of hydrogen-bond donors (Lipinski definition) is 0. The predicted octanol–water partition coefficient (Wildman–Crippen LogP) is 13.5. The molecule has 2 rings (SSSR count). The van der Waals surface area contributed by atoms with Crippen molar-refractivity contribution < 1.29 is 19.1 Å². The molecule has 0 aliphatic rings. The summed E-state index contributed by atoms with van der Waals surface area (Å²) in [5, 5.41) is 0. The van der Waals surface area contributed by atoms with Gasteiger partial charge in [-0.25, -0.2) is 0 Å². The minimum Gasteiger partial charge on any atom is -0.460 e. The number of hydrogen-bond acceptors (Lipinski definition) is 6. The highest BCUT2D eigenvalue weighted by molar-refractivity contribution is 5.72. The first kappa shape index (κ1) is 49.4. The zero-order chi connectivity index (χ0) is 40.3. The molecule has 2 aromatic rings. The van der Waals surface area contributed by atoms with E-state index in [1.807, 2.05) is 24.3 Å². The van der Waals surface area contributed by atoms with E-state index in [0.717, 1.165) is 74.1 Å². The standard InChI is InChI=1S/C50H84N2O4/c1-5-9-13-17-21-25-35-51(36-26-22-18-14-10-6-2)41-49(53)55-43-45-31-29-33-47(39-45)48-34-30-32-46(40-48)44-56-50(54)42-52(37-27-23-19-15-11-7-3)38-28-24-20-16-12-8-4/h29-34,39-40H,5-28,35-38,41-44H2,1-4H3. The van der Waals surface area contributed by atoms with Gasteiger partial charge in [-0.2, -0.15) is 0 Å². The average Bonchev–Trinajstić information content (AvgIpc) is 3.21. The molecule has 6 heteroatoms. The summed E-state index contributed by atoms with van der Waals surface area (Å²) in [5.41, 5.74) is 4.07. The van der Waals surface area contributed by atoms with E-state index in [4.69, 9.17) is 9.47 Å². The highest BCUT2D eigenvalue weighted by Gasteiger charge is 2.14. The van der Waals surface area contributed by atoms with E-state index in [1.165, 1.54) is 128 Å².